The van der Waals surface area contributed by atoms with Gasteiger partial charge in [-0.1, -0.05) is 24.3 Å². The maximum absolute atomic E-state index is 12.4. The summed E-state index contributed by atoms with van der Waals surface area (Å²) < 4.78 is 0. The van der Waals surface area contributed by atoms with Crippen LogP contribution in [0.5, 0.6) is 5.75 Å². The van der Waals surface area contributed by atoms with Gasteiger partial charge in [0.1, 0.15) is 5.75 Å². The molecule has 0 bridgehead atoms. The van der Waals surface area contributed by atoms with Crippen LogP contribution < -0.4 is 10.2 Å². The largest absolute Gasteiger partial charge is 0.506 e. The van der Waals surface area contributed by atoms with Gasteiger partial charge in [-0.15, -0.1) is 24.0 Å². The van der Waals surface area contributed by atoms with E-state index >= 15 is 0 Å². The standard InChI is InChI=1S/C24H29N5O3.HI/c1-25-24(28-16-14-27(15-17-28)20-10-4-5-11-21(20)30)26-12-6-7-13-29-22(31)18-8-2-3-9-19(18)23(29)32;/h2-5,8-11,30H,6-7,12-17H2,1H3,(H,25,26);1H. The minimum Gasteiger partial charge on any atom is -0.506 e. The number of aromatic hydroxyl groups is 1. The van der Waals surface area contributed by atoms with Crippen LogP contribution in [0.1, 0.15) is 33.6 Å². The normalized spacial score (nSPS) is 16.0. The van der Waals surface area contributed by atoms with E-state index in [4.69, 9.17) is 0 Å². The molecule has 4 rings (SSSR count). The Balaban J connectivity index is 0.00000306. The molecule has 2 aromatic rings. The maximum Gasteiger partial charge on any atom is 0.261 e. The summed E-state index contributed by atoms with van der Waals surface area (Å²) in [4.78, 5) is 35.0. The average molecular weight is 563 g/mol. The van der Waals surface area contributed by atoms with E-state index in [1.54, 1.807) is 37.4 Å². The highest BCUT2D eigenvalue weighted by atomic mass is 127. The number of phenols is 1. The summed E-state index contributed by atoms with van der Waals surface area (Å²) in [6.45, 7) is 4.36. The number of anilines is 1. The first-order valence-corrected chi connectivity index (χ1v) is 11.0. The highest BCUT2D eigenvalue weighted by Crippen LogP contribution is 2.27. The van der Waals surface area contributed by atoms with E-state index in [1.807, 2.05) is 18.2 Å². The van der Waals surface area contributed by atoms with Gasteiger partial charge in [-0.05, 0) is 37.1 Å². The van der Waals surface area contributed by atoms with Crippen LogP contribution in [0, 0.1) is 0 Å². The van der Waals surface area contributed by atoms with Crippen LogP contribution in [0.4, 0.5) is 5.69 Å². The van der Waals surface area contributed by atoms with Crippen molar-refractivity contribution in [3.63, 3.8) is 0 Å². The smallest absolute Gasteiger partial charge is 0.261 e. The molecule has 0 aromatic heterocycles. The molecule has 2 N–H and O–H groups in total. The van der Waals surface area contributed by atoms with Crippen LogP contribution in [0.15, 0.2) is 53.5 Å². The van der Waals surface area contributed by atoms with Crippen molar-refractivity contribution >= 4 is 47.4 Å². The van der Waals surface area contributed by atoms with E-state index in [2.05, 4.69) is 20.1 Å². The Labute approximate surface area is 211 Å². The van der Waals surface area contributed by atoms with Crippen LogP contribution in [-0.4, -0.2) is 79.0 Å². The van der Waals surface area contributed by atoms with Crippen molar-refractivity contribution in [3.8, 4) is 5.75 Å². The second-order valence-corrected chi connectivity index (χ2v) is 7.95. The summed E-state index contributed by atoms with van der Waals surface area (Å²) in [7, 11) is 1.77. The minimum absolute atomic E-state index is 0. The predicted molar refractivity (Wildman–Crippen MR) is 140 cm³/mol. The molecule has 2 amide bonds. The molecule has 0 spiro atoms. The number of halogens is 1. The molecule has 33 heavy (non-hydrogen) atoms. The number of benzene rings is 2. The third kappa shape index (κ3) is 5.40. The molecule has 0 atom stereocenters. The number of piperazine rings is 1. The minimum atomic E-state index is -0.198. The number of carbonyl (C=O) groups is 2. The molecule has 2 aliphatic heterocycles. The lowest BCUT2D eigenvalue weighted by Crippen LogP contribution is -2.52. The van der Waals surface area contributed by atoms with Crippen LogP contribution in [0.25, 0.3) is 0 Å². The first-order valence-electron chi connectivity index (χ1n) is 11.0. The first kappa shape index (κ1) is 24.8. The van der Waals surface area contributed by atoms with Crippen molar-refractivity contribution in [2.75, 3.05) is 51.2 Å². The molecular formula is C24H30IN5O3. The fraction of sp³-hybridized carbons (Fsp3) is 0.375. The number of phenolic OH excluding ortho intramolecular Hbond substituents is 1. The van der Waals surface area contributed by atoms with Gasteiger partial charge in [-0.25, -0.2) is 0 Å². The summed E-state index contributed by atoms with van der Waals surface area (Å²) >= 11 is 0. The van der Waals surface area contributed by atoms with Gasteiger partial charge >= 0.3 is 0 Å². The number of guanidine groups is 1. The Bertz CT molecular complexity index is 986. The molecular weight excluding hydrogens is 533 g/mol. The fourth-order valence-electron chi connectivity index (χ4n) is 4.26. The highest BCUT2D eigenvalue weighted by Gasteiger charge is 2.34. The number of fused-ring (bicyclic) bond motifs is 1. The van der Waals surface area contributed by atoms with Crippen LogP contribution in [-0.2, 0) is 0 Å². The molecule has 176 valence electrons. The van der Waals surface area contributed by atoms with Gasteiger partial charge in [0.25, 0.3) is 11.8 Å². The Morgan fingerprint density at radius 2 is 1.55 bits per heavy atom. The van der Waals surface area contributed by atoms with E-state index < -0.39 is 0 Å². The average Bonchev–Trinajstić information content (AvgIpc) is 3.07. The molecule has 0 saturated carbocycles. The van der Waals surface area contributed by atoms with Crippen molar-refractivity contribution in [1.82, 2.24) is 15.1 Å². The van der Waals surface area contributed by atoms with Gasteiger partial charge in [-0.3, -0.25) is 19.5 Å². The number of unbranched alkanes of at least 4 members (excludes halogenated alkanes) is 1. The molecule has 2 heterocycles. The summed E-state index contributed by atoms with van der Waals surface area (Å²) in [5, 5.41) is 13.5. The Kier molecular flexibility index (Phi) is 8.54. The van der Waals surface area contributed by atoms with Crippen LogP contribution in [0.3, 0.4) is 0 Å². The molecule has 2 aromatic carbocycles. The van der Waals surface area contributed by atoms with E-state index in [9.17, 15) is 14.7 Å². The molecule has 8 nitrogen and oxygen atoms in total. The number of nitrogens with zero attached hydrogens (tertiary/aromatic N) is 4. The van der Waals surface area contributed by atoms with Crippen LogP contribution >= 0.6 is 24.0 Å². The van der Waals surface area contributed by atoms with Crippen LogP contribution in [0.2, 0.25) is 0 Å². The van der Waals surface area contributed by atoms with Gasteiger partial charge in [0.05, 0.1) is 16.8 Å². The Hall–Kier alpha value is -2.82. The molecule has 1 fully saturated rings. The van der Waals surface area contributed by atoms with Gasteiger partial charge in [-0.2, -0.15) is 0 Å². The summed E-state index contributed by atoms with van der Waals surface area (Å²) in [5.74, 6) is 0.762. The van der Waals surface area contributed by atoms with Gasteiger partial charge < -0.3 is 20.2 Å². The molecule has 0 unspecified atom stereocenters. The number of nitrogens with one attached hydrogen (secondary N) is 1. The zero-order valence-corrected chi connectivity index (χ0v) is 21.1. The second-order valence-electron chi connectivity index (χ2n) is 7.95. The lowest BCUT2D eigenvalue weighted by Gasteiger charge is -2.37. The monoisotopic (exact) mass is 563 g/mol. The topological polar surface area (TPSA) is 88.5 Å². The number of imide groups is 1. The quantitative estimate of drug-likeness (QED) is 0.185. The Morgan fingerprint density at radius 3 is 2.15 bits per heavy atom. The second kappa shape index (κ2) is 11.4. The fourth-order valence-corrected chi connectivity index (χ4v) is 4.26. The zero-order chi connectivity index (χ0) is 22.5. The lowest BCUT2D eigenvalue weighted by atomic mass is 10.1. The van der Waals surface area contributed by atoms with Crippen molar-refractivity contribution in [1.29, 1.82) is 0 Å². The lowest BCUT2D eigenvalue weighted by molar-refractivity contribution is 0.0652. The molecule has 2 aliphatic rings. The zero-order valence-electron chi connectivity index (χ0n) is 18.7. The molecule has 1 saturated heterocycles. The number of rotatable bonds is 6. The number of carbonyl (C=O) groups excluding carboxylic acids is 2. The van der Waals surface area contributed by atoms with Crippen molar-refractivity contribution < 1.29 is 14.7 Å². The van der Waals surface area contributed by atoms with Gasteiger partial charge in [0.15, 0.2) is 5.96 Å². The van der Waals surface area contributed by atoms with E-state index in [-0.39, 0.29) is 35.8 Å². The third-order valence-corrected chi connectivity index (χ3v) is 5.98. The SMILES string of the molecule is CN=C(NCCCCN1C(=O)c2ccccc2C1=O)N1CCN(c2ccccc2O)CC1.I. The van der Waals surface area contributed by atoms with Gasteiger partial charge in [0, 0.05) is 46.3 Å². The number of hydrogen-bond acceptors (Lipinski definition) is 5. The number of aliphatic imine (C=N–C) groups is 1. The number of para-hydroxylation sites is 2. The maximum atomic E-state index is 12.4. The summed E-state index contributed by atoms with van der Waals surface area (Å²) in [6.07, 6.45) is 1.56. The first-order chi connectivity index (χ1) is 15.6. The van der Waals surface area contributed by atoms with Crippen molar-refractivity contribution in [2.24, 2.45) is 4.99 Å². The van der Waals surface area contributed by atoms with E-state index in [1.165, 1.54) is 4.90 Å². The van der Waals surface area contributed by atoms with Crippen molar-refractivity contribution in [3.05, 3.63) is 59.7 Å². The summed E-state index contributed by atoms with van der Waals surface area (Å²) in [5.41, 5.74) is 1.86. The molecule has 9 heteroatoms. The van der Waals surface area contributed by atoms with Crippen molar-refractivity contribution in [2.45, 2.75) is 12.8 Å². The third-order valence-electron chi connectivity index (χ3n) is 5.98. The highest BCUT2D eigenvalue weighted by molar-refractivity contribution is 14.0. The predicted octanol–water partition coefficient (Wildman–Crippen LogP) is 2.78. The van der Waals surface area contributed by atoms with Gasteiger partial charge in [0.2, 0.25) is 0 Å². The number of amides is 2. The van der Waals surface area contributed by atoms with E-state index in [0.717, 1.165) is 57.2 Å². The number of hydrogen-bond donors (Lipinski definition) is 2. The Morgan fingerprint density at radius 1 is 0.939 bits per heavy atom. The van der Waals surface area contributed by atoms with E-state index in [0.29, 0.717) is 23.4 Å². The molecule has 0 radical (unpaired) electrons. The summed E-state index contributed by atoms with van der Waals surface area (Å²) in [6, 6.07) is 14.4. The molecule has 0 aliphatic carbocycles.